The maximum absolute atomic E-state index is 12.2. The first-order valence-electron chi connectivity index (χ1n) is 9.71. The lowest BCUT2D eigenvalue weighted by molar-refractivity contribution is -0.121. The second kappa shape index (κ2) is 8.88. The highest BCUT2D eigenvalue weighted by Crippen LogP contribution is 2.24. The second-order valence-electron chi connectivity index (χ2n) is 7.07. The molecule has 5 nitrogen and oxygen atoms in total. The van der Waals surface area contributed by atoms with Crippen LogP contribution >= 0.6 is 22.9 Å². The van der Waals surface area contributed by atoms with Crippen molar-refractivity contribution < 1.29 is 4.79 Å². The summed E-state index contributed by atoms with van der Waals surface area (Å²) in [6.45, 7) is 0.602. The monoisotopic (exact) mass is 414 g/mol. The van der Waals surface area contributed by atoms with Crippen molar-refractivity contribution in [3.8, 4) is 11.3 Å². The molecule has 1 amide bonds. The Balaban J connectivity index is 1.22. The molecule has 0 aliphatic heterocycles. The number of aryl methyl sites for hydroxylation is 2. The number of amides is 1. The minimum absolute atomic E-state index is 0.0713. The van der Waals surface area contributed by atoms with Crippen molar-refractivity contribution in [3.05, 3.63) is 56.6 Å². The lowest BCUT2D eigenvalue weighted by Gasteiger charge is -2.11. The van der Waals surface area contributed by atoms with Crippen LogP contribution < -0.4 is 5.32 Å². The average Bonchev–Trinajstić information content (AvgIpc) is 3.34. The van der Waals surface area contributed by atoms with Crippen molar-refractivity contribution in [2.75, 3.05) is 6.54 Å². The van der Waals surface area contributed by atoms with Crippen molar-refractivity contribution in [2.24, 2.45) is 0 Å². The van der Waals surface area contributed by atoms with Gasteiger partial charge in [0.2, 0.25) is 5.91 Å². The van der Waals surface area contributed by atoms with E-state index in [0.29, 0.717) is 19.4 Å². The van der Waals surface area contributed by atoms with Crippen LogP contribution in [0.2, 0.25) is 5.02 Å². The summed E-state index contributed by atoms with van der Waals surface area (Å²) in [5.41, 5.74) is 5.68. The van der Waals surface area contributed by atoms with E-state index in [4.69, 9.17) is 11.6 Å². The SMILES string of the molecule is O=C(CCc1n[nH]c2c1CCCC2)NCCc1nc(-c2ccc(Cl)cc2)cs1. The van der Waals surface area contributed by atoms with Gasteiger partial charge < -0.3 is 5.32 Å². The fraction of sp³-hybridized carbons (Fsp3) is 0.381. The molecule has 0 spiro atoms. The number of carbonyl (C=O) groups is 1. The Hall–Kier alpha value is -2.18. The average molecular weight is 415 g/mol. The highest BCUT2D eigenvalue weighted by molar-refractivity contribution is 7.09. The summed E-state index contributed by atoms with van der Waals surface area (Å²) in [5, 5.41) is 14.3. The number of hydrogen-bond acceptors (Lipinski definition) is 4. The predicted octanol–water partition coefficient (Wildman–Crippen LogP) is 4.36. The maximum atomic E-state index is 12.2. The molecule has 0 fully saturated rings. The first kappa shape index (κ1) is 19.2. The molecule has 0 saturated carbocycles. The highest BCUT2D eigenvalue weighted by atomic mass is 35.5. The largest absolute Gasteiger partial charge is 0.356 e. The molecule has 2 aromatic heterocycles. The van der Waals surface area contributed by atoms with Crippen LogP contribution in [0.3, 0.4) is 0 Å². The number of nitrogens with zero attached hydrogens (tertiary/aromatic N) is 2. The van der Waals surface area contributed by atoms with Crippen LogP contribution in [0.1, 0.15) is 41.2 Å². The van der Waals surface area contributed by atoms with Crippen molar-refractivity contribution in [2.45, 2.75) is 44.9 Å². The quantitative estimate of drug-likeness (QED) is 0.603. The van der Waals surface area contributed by atoms with E-state index in [9.17, 15) is 4.79 Å². The Morgan fingerprint density at radius 3 is 2.86 bits per heavy atom. The minimum atomic E-state index is 0.0713. The third kappa shape index (κ3) is 4.62. The van der Waals surface area contributed by atoms with Crippen LogP contribution in [0.15, 0.2) is 29.6 Å². The zero-order valence-electron chi connectivity index (χ0n) is 15.6. The third-order valence-electron chi connectivity index (χ3n) is 5.08. The molecule has 2 heterocycles. The molecule has 7 heteroatoms. The predicted molar refractivity (Wildman–Crippen MR) is 113 cm³/mol. The molecule has 1 aromatic carbocycles. The summed E-state index contributed by atoms with van der Waals surface area (Å²) in [5.74, 6) is 0.0713. The van der Waals surface area contributed by atoms with Gasteiger partial charge in [-0.05, 0) is 43.4 Å². The third-order valence-corrected chi connectivity index (χ3v) is 6.24. The smallest absolute Gasteiger partial charge is 0.220 e. The molecule has 0 radical (unpaired) electrons. The van der Waals surface area contributed by atoms with Crippen molar-refractivity contribution in [1.29, 1.82) is 0 Å². The Kier molecular flexibility index (Phi) is 6.07. The lowest BCUT2D eigenvalue weighted by Crippen LogP contribution is -2.26. The highest BCUT2D eigenvalue weighted by Gasteiger charge is 2.17. The molecule has 1 aliphatic carbocycles. The van der Waals surface area contributed by atoms with E-state index in [2.05, 4.69) is 20.5 Å². The van der Waals surface area contributed by atoms with E-state index in [0.717, 1.165) is 46.2 Å². The van der Waals surface area contributed by atoms with Gasteiger partial charge in [-0.3, -0.25) is 9.89 Å². The van der Waals surface area contributed by atoms with Crippen LogP contribution in [-0.2, 0) is 30.5 Å². The number of thiazole rings is 1. The first-order valence-corrected chi connectivity index (χ1v) is 11.0. The molecular formula is C21H23ClN4OS. The zero-order valence-corrected chi connectivity index (χ0v) is 17.2. The molecule has 4 rings (SSSR count). The minimum Gasteiger partial charge on any atom is -0.356 e. The molecule has 0 saturated heterocycles. The Morgan fingerprint density at radius 2 is 2.00 bits per heavy atom. The number of benzene rings is 1. The number of hydrogen-bond donors (Lipinski definition) is 2. The summed E-state index contributed by atoms with van der Waals surface area (Å²) < 4.78 is 0. The fourth-order valence-electron chi connectivity index (χ4n) is 3.56. The molecule has 0 atom stereocenters. The summed E-state index contributed by atoms with van der Waals surface area (Å²) in [7, 11) is 0. The second-order valence-corrected chi connectivity index (χ2v) is 8.45. The number of nitrogens with one attached hydrogen (secondary N) is 2. The standard InChI is InChI=1S/C21H23ClN4OS/c22-15-7-5-14(6-8-15)19-13-28-21(24-19)11-12-23-20(27)10-9-18-16-3-1-2-4-17(16)25-26-18/h5-8,13H,1-4,9-12H2,(H,23,27)(H,25,26). The van der Waals surface area contributed by atoms with E-state index >= 15 is 0 Å². The van der Waals surface area contributed by atoms with E-state index in [1.54, 1.807) is 11.3 Å². The van der Waals surface area contributed by atoms with Crippen molar-refractivity contribution in [3.63, 3.8) is 0 Å². The van der Waals surface area contributed by atoms with Crippen LogP contribution in [-0.4, -0.2) is 27.6 Å². The van der Waals surface area contributed by atoms with Crippen molar-refractivity contribution in [1.82, 2.24) is 20.5 Å². The lowest BCUT2D eigenvalue weighted by atomic mass is 9.95. The van der Waals surface area contributed by atoms with Crippen LogP contribution in [0.25, 0.3) is 11.3 Å². The van der Waals surface area contributed by atoms with E-state index < -0.39 is 0 Å². The normalized spacial score (nSPS) is 13.3. The molecule has 3 aromatic rings. The maximum Gasteiger partial charge on any atom is 0.220 e. The van der Waals surface area contributed by atoms with Crippen LogP contribution in [0.4, 0.5) is 0 Å². The molecular weight excluding hydrogens is 392 g/mol. The molecule has 1 aliphatic rings. The number of fused-ring (bicyclic) bond motifs is 1. The summed E-state index contributed by atoms with van der Waals surface area (Å²) in [6.07, 6.45) is 6.54. The summed E-state index contributed by atoms with van der Waals surface area (Å²) in [6, 6.07) is 7.67. The Bertz CT molecular complexity index is 948. The van der Waals surface area contributed by atoms with Crippen LogP contribution in [0.5, 0.6) is 0 Å². The number of rotatable bonds is 7. The van der Waals surface area contributed by atoms with E-state index in [-0.39, 0.29) is 5.91 Å². The fourth-order valence-corrected chi connectivity index (χ4v) is 4.50. The van der Waals surface area contributed by atoms with Gasteiger partial charge in [0.25, 0.3) is 0 Å². The van der Waals surface area contributed by atoms with Gasteiger partial charge in [0, 0.05) is 47.5 Å². The number of carbonyl (C=O) groups excluding carboxylic acids is 1. The van der Waals surface area contributed by atoms with Gasteiger partial charge in [-0.1, -0.05) is 23.7 Å². The zero-order chi connectivity index (χ0) is 19.3. The van der Waals surface area contributed by atoms with E-state index in [1.165, 1.54) is 24.1 Å². The number of aromatic nitrogens is 3. The van der Waals surface area contributed by atoms with Crippen molar-refractivity contribution >= 4 is 28.8 Å². The molecule has 0 bridgehead atoms. The van der Waals surface area contributed by atoms with Crippen LogP contribution in [0, 0.1) is 0 Å². The van der Waals surface area contributed by atoms with Gasteiger partial charge in [-0.25, -0.2) is 4.98 Å². The van der Waals surface area contributed by atoms with Gasteiger partial charge in [0.15, 0.2) is 0 Å². The number of H-pyrrole nitrogens is 1. The summed E-state index contributed by atoms with van der Waals surface area (Å²) in [4.78, 5) is 16.8. The van der Waals surface area contributed by atoms with Gasteiger partial charge in [0.05, 0.1) is 16.4 Å². The Morgan fingerprint density at radius 1 is 1.18 bits per heavy atom. The Labute approximate surface area is 173 Å². The topological polar surface area (TPSA) is 70.7 Å². The number of aromatic amines is 1. The molecule has 0 unspecified atom stereocenters. The van der Waals surface area contributed by atoms with Gasteiger partial charge in [-0.2, -0.15) is 5.10 Å². The van der Waals surface area contributed by atoms with Gasteiger partial charge in [0.1, 0.15) is 0 Å². The molecule has 2 N–H and O–H groups in total. The van der Waals surface area contributed by atoms with Gasteiger partial charge >= 0.3 is 0 Å². The number of halogens is 1. The summed E-state index contributed by atoms with van der Waals surface area (Å²) >= 11 is 7.55. The van der Waals surface area contributed by atoms with Gasteiger partial charge in [-0.15, -0.1) is 11.3 Å². The molecule has 28 heavy (non-hydrogen) atoms. The molecule has 146 valence electrons. The van der Waals surface area contributed by atoms with E-state index in [1.807, 2.05) is 29.6 Å². The first-order chi connectivity index (χ1) is 13.7.